The van der Waals surface area contributed by atoms with Crippen LogP contribution in [0.2, 0.25) is 0 Å². The first-order valence-corrected chi connectivity index (χ1v) is 7.24. The highest BCUT2D eigenvalue weighted by Crippen LogP contribution is 2.39. The topological polar surface area (TPSA) is 80.9 Å². The third-order valence-corrected chi connectivity index (χ3v) is 3.76. The van der Waals surface area contributed by atoms with Gasteiger partial charge in [0.15, 0.2) is 18.2 Å². The molecule has 5 unspecified atom stereocenters. The molecule has 2 aliphatic heterocycles. The number of nitrogens with zero attached hydrogens (tertiary/aromatic N) is 1. The number of fused-ring (bicyclic) bond motifs is 1. The lowest BCUT2D eigenvalue weighted by molar-refractivity contribution is -0.227. The number of nitriles is 1. The van der Waals surface area contributed by atoms with Crippen LogP contribution in [0.25, 0.3) is 0 Å². The van der Waals surface area contributed by atoms with E-state index in [1.54, 1.807) is 19.9 Å². The van der Waals surface area contributed by atoms with Crippen LogP contribution >= 0.6 is 0 Å². The van der Waals surface area contributed by atoms with Crippen LogP contribution in [0.5, 0.6) is 0 Å². The Bertz CT molecular complexity index is 555. The highest BCUT2D eigenvalue weighted by atomic mass is 16.8. The number of hydrogen-bond donors (Lipinski definition) is 1. The van der Waals surface area contributed by atoms with E-state index in [-0.39, 0.29) is 0 Å². The highest BCUT2D eigenvalue weighted by Gasteiger charge is 2.57. The molecule has 1 N–H and O–H groups in total. The normalized spacial score (nSPS) is 34.1. The molecule has 0 amide bonds. The summed E-state index contributed by atoms with van der Waals surface area (Å²) >= 11 is 0. The second-order valence-electron chi connectivity index (χ2n) is 5.90. The first-order valence-electron chi connectivity index (χ1n) is 7.24. The molecule has 2 fully saturated rings. The molecule has 1 aromatic rings. The second-order valence-corrected chi connectivity index (χ2v) is 5.90. The fourth-order valence-corrected chi connectivity index (χ4v) is 2.79. The number of aliphatic hydroxyl groups is 1. The van der Waals surface area contributed by atoms with E-state index < -0.39 is 36.5 Å². The Morgan fingerprint density at radius 2 is 2.05 bits per heavy atom. The summed E-state index contributed by atoms with van der Waals surface area (Å²) in [6.45, 7) is 3.92. The zero-order chi connectivity index (χ0) is 15.7. The number of rotatable bonds is 4. The third kappa shape index (κ3) is 3.00. The molecule has 6 heteroatoms. The van der Waals surface area contributed by atoms with Crippen molar-refractivity contribution in [2.45, 2.75) is 56.9 Å². The summed E-state index contributed by atoms with van der Waals surface area (Å²) < 4.78 is 23.0. The van der Waals surface area contributed by atoms with E-state index >= 15 is 0 Å². The van der Waals surface area contributed by atoms with E-state index in [9.17, 15) is 5.11 Å². The minimum Gasteiger partial charge on any atom is -0.375 e. The van der Waals surface area contributed by atoms with Crippen LogP contribution in [-0.4, -0.2) is 41.6 Å². The van der Waals surface area contributed by atoms with Crippen LogP contribution in [0.3, 0.4) is 0 Å². The first kappa shape index (κ1) is 15.4. The van der Waals surface area contributed by atoms with Gasteiger partial charge in [-0.05, 0) is 19.4 Å². The molecule has 0 radical (unpaired) electrons. The van der Waals surface area contributed by atoms with Crippen LogP contribution in [-0.2, 0) is 25.6 Å². The van der Waals surface area contributed by atoms with E-state index in [0.717, 1.165) is 5.56 Å². The van der Waals surface area contributed by atoms with E-state index in [0.29, 0.717) is 6.61 Å². The molecule has 2 saturated heterocycles. The summed E-state index contributed by atoms with van der Waals surface area (Å²) in [5, 5.41) is 18.8. The minimum atomic E-state index is -1.29. The van der Waals surface area contributed by atoms with Crippen LogP contribution < -0.4 is 0 Å². The SMILES string of the molecule is CC1(C)OC2OC(C(O)C#N)C(OCc3ccccc3)C2O1. The Labute approximate surface area is 129 Å². The van der Waals surface area contributed by atoms with Crippen molar-refractivity contribution in [3.63, 3.8) is 0 Å². The van der Waals surface area contributed by atoms with Gasteiger partial charge in [0.05, 0.1) is 12.7 Å². The summed E-state index contributed by atoms with van der Waals surface area (Å²) in [6, 6.07) is 11.4. The lowest BCUT2D eigenvalue weighted by atomic mass is 10.1. The van der Waals surface area contributed by atoms with Gasteiger partial charge in [0.2, 0.25) is 0 Å². The maximum absolute atomic E-state index is 9.83. The van der Waals surface area contributed by atoms with Crippen molar-refractivity contribution in [2.75, 3.05) is 0 Å². The molecule has 0 spiro atoms. The van der Waals surface area contributed by atoms with Crippen molar-refractivity contribution >= 4 is 0 Å². The van der Waals surface area contributed by atoms with Gasteiger partial charge in [0.25, 0.3) is 0 Å². The highest BCUT2D eigenvalue weighted by molar-refractivity contribution is 5.14. The van der Waals surface area contributed by atoms with Crippen molar-refractivity contribution in [1.82, 2.24) is 0 Å². The van der Waals surface area contributed by atoms with Crippen molar-refractivity contribution in [1.29, 1.82) is 5.26 Å². The lowest BCUT2D eigenvalue weighted by Crippen LogP contribution is -2.42. The van der Waals surface area contributed by atoms with Crippen molar-refractivity contribution in [3.05, 3.63) is 35.9 Å². The average Bonchev–Trinajstić information content (AvgIpc) is 2.97. The maximum Gasteiger partial charge on any atom is 0.190 e. The predicted molar refractivity (Wildman–Crippen MR) is 75.3 cm³/mol. The maximum atomic E-state index is 9.83. The van der Waals surface area contributed by atoms with E-state index in [1.165, 1.54) is 0 Å². The standard InChI is InChI=1S/C16H19NO5/c1-16(2)21-14-13(19-9-10-6-4-3-5-7-10)12(11(18)8-17)20-15(14)22-16/h3-7,11-15,18H,9H2,1-2H3. The second kappa shape index (κ2) is 5.95. The summed E-state index contributed by atoms with van der Waals surface area (Å²) in [5.74, 6) is -0.772. The first-order chi connectivity index (χ1) is 10.5. The molecule has 3 rings (SSSR count). The molecule has 22 heavy (non-hydrogen) atoms. The zero-order valence-electron chi connectivity index (χ0n) is 12.5. The number of benzene rings is 1. The Morgan fingerprint density at radius 3 is 2.73 bits per heavy atom. The van der Waals surface area contributed by atoms with Gasteiger partial charge in [-0.15, -0.1) is 0 Å². The molecule has 1 aromatic carbocycles. The Hall–Kier alpha value is -1.49. The van der Waals surface area contributed by atoms with Gasteiger partial charge in [-0.2, -0.15) is 5.26 Å². The van der Waals surface area contributed by atoms with E-state index in [1.807, 2.05) is 30.3 Å². The van der Waals surface area contributed by atoms with E-state index in [4.69, 9.17) is 24.2 Å². The van der Waals surface area contributed by atoms with Gasteiger partial charge in [0.1, 0.15) is 18.3 Å². The van der Waals surface area contributed by atoms with Crippen LogP contribution in [0.15, 0.2) is 30.3 Å². The smallest absolute Gasteiger partial charge is 0.190 e. The van der Waals surface area contributed by atoms with Gasteiger partial charge in [-0.1, -0.05) is 30.3 Å². The quantitative estimate of drug-likeness (QED) is 0.845. The monoisotopic (exact) mass is 305 g/mol. The van der Waals surface area contributed by atoms with E-state index in [2.05, 4.69) is 0 Å². The van der Waals surface area contributed by atoms with Crippen molar-refractivity contribution in [2.24, 2.45) is 0 Å². The molecule has 118 valence electrons. The number of ether oxygens (including phenoxy) is 4. The molecule has 2 heterocycles. The number of hydrogen-bond acceptors (Lipinski definition) is 6. The molecule has 0 aromatic heterocycles. The van der Waals surface area contributed by atoms with Gasteiger partial charge in [-0.3, -0.25) is 0 Å². The average molecular weight is 305 g/mol. The van der Waals surface area contributed by atoms with Crippen LogP contribution in [0, 0.1) is 11.3 Å². The largest absolute Gasteiger partial charge is 0.375 e. The summed E-state index contributed by atoms with van der Waals surface area (Å²) in [5.41, 5.74) is 0.995. The zero-order valence-corrected chi connectivity index (χ0v) is 12.5. The Morgan fingerprint density at radius 1 is 1.32 bits per heavy atom. The van der Waals surface area contributed by atoms with Gasteiger partial charge in [0, 0.05) is 0 Å². The fourth-order valence-electron chi connectivity index (χ4n) is 2.79. The molecule has 0 bridgehead atoms. The molecule has 5 atom stereocenters. The fraction of sp³-hybridized carbons (Fsp3) is 0.562. The van der Waals surface area contributed by atoms with Crippen molar-refractivity contribution in [3.8, 4) is 6.07 Å². The minimum absolute atomic E-state index is 0.344. The summed E-state index contributed by atoms with van der Waals surface area (Å²) in [6.07, 6.45) is -3.75. The van der Waals surface area contributed by atoms with Gasteiger partial charge < -0.3 is 24.1 Å². The molecule has 2 aliphatic rings. The Kier molecular flexibility index (Phi) is 4.17. The lowest BCUT2D eigenvalue weighted by Gasteiger charge is -2.26. The Balaban J connectivity index is 1.73. The summed E-state index contributed by atoms with van der Waals surface area (Å²) in [4.78, 5) is 0. The molecule has 0 aliphatic carbocycles. The van der Waals surface area contributed by atoms with Crippen LogP contribution in [0.4, 0.5) is 0 Å². The molecule has 6 nitrogen and oxygen atoms in total. The molecular weight excluding hydrogens is 286 g/mol. The third-order valence-electron chi connectivity index (χ3n) is 3.76. The number of aliphatic hydroxyl groups excluding tert-OH is 1. The van der Waals surface area contributed by atoms with Crippen LogP contribution in [0.1, 0.15) is 19.4 Å². The predicted octanol–water partition coefficient (Wildman–Crippen LogP) is 1.33. The van der Waals surface area contributed by atoms with Gasteiger partial charge in [-0.25, -0.2) is 0 Å². The summed E-state index contributed by atoms with van der Waals surface area (Å²) in [7, 11) is 0. The van der Waals surface area contributed by atoms with Gasteiger partial charge >= 0.3 is 0 Å². The molecule has 0 saturated carbocycles. The van der Waals surface area contributed by atoms with Crippen molar-refractivity contribution < 1.29 is 24.1 Å². The molecular formula is C16H19NO5.